The minimum Gasteiger partial charge on any atom is -0.350 e. The van der Waals surface area contributed by atoms with Gasteiger partial charge in [0, 0.05) is 51.4 Å². The molecule has 0 spiro atoms. The van der Waals surface area contributed by atoms with Crippen LogP contribution in [0.5, 0.6) is 0 Å². The first-order valence-electron chi connectivity index (χ1n) is 9.78. The van der Waals surface area contributed by atoms with Gasteiger partial charge in [-0.25, -0.2) is 4.98 Å². The molecule has 6 nitrogen and oxygen atoms in total. The van der Waals surface area contributed by atoms with E-state index in [1.165, 1.54) is 12.8 Å². The zero-order chi connectivity index (χ0) is 18.1. The van der Waals surface area contributed by atoms with Gasteiger partial charge in [-0.3, -0.25) is 4.79 Å². The second kappa shape index (κ2) is 7.37. The molecule has 1 saturated carbocycles. The predicted octanol–water partition coefficient (Wildman–Crippen LogP) is 1.83. The van der Waals surface area contributed by atoms with Crippen molar-refractivity contribution in [2.45, 2.75) is 25.7 Å². The average molecular weight is 355 g/mol. The summed E-state index contributed by atoms with van der Waals surface area (Å²) < 4.78 is 2.08. The van der Waals surface area contributed by atoms with Gasteiger partial charge in [0.05, 0.1) is 5.52 Å². The zero-order valence-electron chi connectivity index (χ0n) is 15.8. The lowest BCUT2D eigenvalue weighted by molar-refractivity contribution is 0.0934. The molecule has 2 aromatic heterocycles. The van der Waals surface area contributed by atoms with Crippen molar-refractivity contribution in [2.75, 3.05) is 46.3 Å². The molecule has 0 bridgehead atoms. The van der Waals surface area contributed by atoms with Gasteiger partial charge >= 0.3 is 0 Å². The summed E-state index contributed by atoms with van der Waals surface area (Å²) in [5.74, 6) is 1.93. The number of piperazine rings is 1. The highest BCUT2D eigenvalue weighted by Crippen LogP contribution is 2.39. The minimum absolute atomic E-state index is 0.0502. The smallest absolute Gasteiger partial charge is 0.272 e. The number of carbonyl (C=O) groups is 1. The van der Waals surface area contributed by atoms with E-state index in [2.05, 4.69) is 38.5 Å². The van der Waals surface area contributed by atoms with Crippen molar-refractivity contribution in [1.29, 1.82) is 0 Å². The van der Waals surface area contributed by atoms with Crippen LogP contribution in [0.25, 0.3) is 5.52 Å². The molecule has 0 radical (unpaired) electrons. The Labute approximate surface area is 155 Å². The maximum Gasteiger partial charge on any atom is 0.272 e. The minimum atomic E-state index is -0.0502. The summed E-state index contributed by atoms with van der Waals surface area (Å²) in [6.45, 7) is 8.42. The number of hydrogen-bond acceptors (Lipinski definition) is 4. The van der Waals surface area contributed by atoms with E-state index in [1.54, 1.807) is 0 Å². The molecule has 6 heteroatoms. The number of rotatable bonds is 6. The Morgan fingerprint density at radius 1 is 1.27 bits per heavy atom. The molecular weight excluding hydrogens is 326 g/mol. The molecule has 1 aliphatic heterocycles. The molecule has 1 unspecified atom stereocenters. The van der Waals surface area contributed by atoms with Gasteiger partial charge in [0.1, 0.15) is 5.82 Å². The number of likely N-dealkylation sites (N-methyl/N-ethyl adjacent to an activating group) is 1. The Morgan fingerprint density at radius 3 is 2.77 bits per heavy atom. The molecule has 26 heavy (non-hydrogen) atoms. The van der Waals surface area contributed by atoms with E-state index in [-0.39, 0.29) is 5.91 Å². The Kier molecular flexibility index (Phi) is 4.96. The van der Waals surface area contributed by atoms with Crippen LogP contribution >= 0.6 is 0 Å². The quantitative estimate of drug-likeness (QED) is 0.859. The maximum absolute atomic E-state index is 12.7. The topological polar surface area (TPSA) is 52.9 Å². The molecule has 0 aromatic carbocycles. The molecule has 2 aromatic rings. The van der Waals surface area contributed by atoms with Crippen LogP contribution in [-0.4, -0.2) is 71.4 Å². The first-order valence-corrected chi connectivity index (χ1v) is 9.78. The van der Waals surface area contributed by atoms with E-state index in [1.807, 2.05) is 24.4 Å². The van der Waals surface area contributed by atoms with Crippen LogP contribution in [0.1, 0.15) is 42.0 Å². The third-order valence-electron chi connectivity index (χ3n) is 5.51. The van der Waals surface area contributed by atoms with Crippen molar-refractivity contribution in [1.82, 2.24) is 24.5 Å². The fraction of sp³-hybridized carbons (Fsp3) is 0.600. The summed E-state index contributed by atoms with van der Waals surface area (Å²) in [4.78, 5) is 22.3. The van der Waals surface area contributed by atoms with Crippen LogP contribution < -0.4 is 5.32 Å². The van der Waals surface area contributed by atoms with Gasteiger partial charge in [-0.2, -0.15) is 0 Å². The first kappa shape index (κ1) is 17.5. The lowest BCUT2D eigenvalue weighted by atomic mass is 10.1. The molecule has 1 atom stereocenters. The van der Waals surface area contributed by atoms with E-state index in [9.17, 15) is 4.79 Å². The molecule has 3 heterocycles. The largest absolute Gasteiger partial charge is 0.350 e. The molecule has 140 valence electrons. The highest BCUT2D eigenvalue weighted by Gasteiger charge is 2.30. The van der Waals surface area contributed by atoms with E-state index in [4.69, 9.17) is 0 Å². The average Bonchev–Trinajstić information content (AvgIpc) is 3.42. The summed E-state index contributed by atoms with van der Waals surface area (Å²) in [5.41, 5.74) is 1.48. The number of nitrogens with zero attached hydrogens (tertiary/aromatic N) is 4. The first-order chi connectivity index (χ1) is 12.6. The van der Waals surface area contributed by atoms with Crippen LogP contribution in [-0.2, 0) is 0 Å². The second-order valence-corrected chi connectivity index (χ2v) is 7.97. The Morgan fingerprint density at radius 2 is 2.04 bits per heavy atom. The van der Waals surface area contributed by atoms with E-state index in [0.29, 0.717) is 24.1 Å². The fourth-order valence-electron chi connectivity index (χ4n) is 3.74. The number of fused-ring (bicyclic) bond motifs is 1. The number of hydrogen-bond donors (Lipinski definition) is 1. The summed E-state index contributed by atoms with van der Waals surface area (Å²) in [6.07, 6.45) is 4.37. The highest BCUT2D eigenvalue weighted by molar-refractivity contribution is 5.99. The van der Waals surface area contributed by atoms with Crippen molar-refractivity contribution >= 4 is 11.4 Å². The van der Waals surface area contributed by atoms with Crippen molar-refractivity contribution in [3.8, 4) is 0 Å². The Hall–Kier alpha value is -1.92. The summed E-state index contributed by atoms with van der Waals surface area (Å²) >= 11 is 0. The fourth-order valence-corrected chi connectivity index (χ4v) is 3.74. The van der Waals surface area contributed by atoms with E-state index in [0.717, 1.165) is 44.1 Å². The summed E-state index contributed by atoms with van der Waals surface area (Å²) in [7, 11) is 2.17. The molecule has 2 fully saturated rings. The molecular formula is C20H29N5O. The molecule has 1 aliphatic carbocycles. The summed E-state index contributed by atoms with van der Waals surface area (Å²) in [6, 6.07) is 5.96. The van der Waals surface area contributed by atoms with Gasteiger partial charge in [0.25, 0.3) is 5.91 Å². The standard InChI is InChI=1S/C20H29N5O/c1-15(14-24-11-9-23(2)10-12-24)13-21-20(26)18-17-5-3-4-8-25(17)19(22-18)16-6-7-16/h3-5,8,15-16H,6-7,9-14H2,1-2H3,(H,21,26). The lowest BCUT2D eigenvalue weighted by Gasteiger charge is -2.33. The van der Waals surface area contributed by atoms with Crippen LogP contribution in [0.15, 0.2) is 24.4 Å². The molecule has 4 rings (SSSR count). The summed E-state index contributed by atoms with van der Waals surface area (Å²) in [5, 5.41) is 3.11. The lowest BCUT2D eigenvalue weighted by Crippen LogP contribution is -2.46. The number of amides is 1. The van der Waals surface area contributed by atoms with Crippen molar-refractivity contribution in [3.63, 3.8) is 0 Å². The van der Waals surface area contributed by atoms with Crippen LogP contribution in [0.3, 0.4) is 0 Å². The van der Waals surface area contributed by atoms with Gasteiger partial charge in [-0.05, 0) is 37.9 Å². The van der Waals surface area contributed by atoms with Gasteiger partial charge in [-0.15, -0.1) is 0 Å². The normalized spacial score (nSPS) is 20.4. The van der Waals surface area contributed by atoms with Gasteiger partial charge in [0.15, 0.2) is 5.69 Å². The number of pyridine rings is 1. The zero-order valence-corrected chi connectivity index (χ0v) is 15.8. The SMILES string of the molecule is CC(CNC(=O)c1nc(C2CC2)n2ccccc12)CN1CCN(C)CC1. The number of nitrogens with one attached hydrogen (secondary N) is 1. The third-order valence-corrected chi connectivity index (χ3v) is 5.51. The van der Waals surface area contributed by atoms with Crippen molar-refractivity contribution in [2.24, 2.45) is 5.92 Å². The van der Waals surface area contributed by atoms with Crippen LogP contribution in [0, 0.1) is 5.92 Å². The van der Waals surface area contributed by atoms with Crippen LogP contribution in [0.2, 0.25) is 0 Å². The van der Waals surface area contributed by atoms with Gasteiger partial charge in [0.2, 0.25) is 0 Å². The number of carbonyl (C=O) groups excluding carboxylic acids is 1. The Bertz CT molecular complexity index is 774. The van der Waals surface area contributed by atoms with Gasteiger partial charge in [-0.1, -0.05) is 13.0 Å². The number of aromatic nitrogens is 2. The monoisotopic (exact) mass is 355 g/mol. The van der Waals surface area contributed by atoms with Crippen LogP contribution in [0.4, 0.5) is 0 Å². The molecule has 1 saturated heterocycles. The second-order valence-electron chi connectivity index (χ2n) is 7.97. The predicted molar refractivity (Wildman–Crippen MR) is 103 cm³/mol. The maximum atomic E-state index is 12.7. The Balaban J connectivity index is 1.37. The van der Waals surface area contributed by atoms with E-state index >= 15 is 0 Å². The van der Waals surface area contributed by atoms with Crippen molar-refractivity contribution < 1.29 is 4.79 Å². The molecule has 1 amide bonds. The van der Waals surface area contributed by atoms with Gasteiger partial charge < -0.3 is 19.5 Å². The highest BCUT2D eigenvalue weighted by atomic mass is 16.1. The molecule has 2 aliphatic rings. The van der Waals surface area contributed by atoms with E-state index < -0.39 is 0 Å². The van der Waals surface area contributed by atoms with Crippen molar-refractivity contribution in [3.05, 3.63) is 35.9 Å². The third kappa shape index (κ3) is 3.76. The number of imidazole rings is 1. The molecule has 1 N–H and O–H groups in total.